The number of carbonyl (C=O) groups is 1. The van der Waals surface area contributed by atoms with Crippen LogP contribution < -0.4 is 0 Å². The summed E-state index contributed by atoms with van der Waals surface area (Å²) < 4.78 is 28.9. The number of nitrogens with zero attached hydrogens (tertiary/aromatic N) is 2. The fourth-order valence-electron chi connectivity index (χ4n) is 4.74. The van der Waals surface area contributed by atoms with Gasteiger partial charge >= 0.3 is 0 Å². The zero-order valence-corrected chi connectivity index (χ0v) is 20.4. The number of thiophene rings is 1. The summed E-state index contributed by atoms with van der Waals surface area (Å²) in [5, 5.41) is 10.5. The third-order valence-corrected chi connectivity index (χ3v) is 8.26. The number of hydrogen-bond donors (Lipinski definition) is 1. The predicted octanol–water partition coefficient (Wildman–Crippen LogP) is 7.58. The Balaban J connectivity index is 1.55. The van der Waals surface area contributed by atoms with Gasteiger partial charge in [-0.3, -0.25) is 9.78 Å². The Bertz CT molecular complexity index is 1390. The first-order chi connectivity index (χ1) is 16.9. The maximum Gasteiger partial charge on any atom is 0.266 e. The van der Waals surface area contributed by atoms with E-state index in [-0.39, 0.29) is 44.2 Å². The minimum Gasteiger partial charge on any atom is -0.508 e. The van der Waals surface area contributed by atoms with Crippen LogP contribution in [0.25, 0.3) is 21.2 Å². The fourth-order valence-corrected chi connectivity index (χ4v) is 6.25. The molecule has 0 unspecified atom stereocenters. The average molecular weight is 513 g/mol. The summed E-state index contributed by atoms with van der Waals surface area (Å²) in [5.41, 5.74) is 2.42. The number of benzene rings is 2. The lowest BCUT2D eigenvalue weighted by Crippen LogP contribution is -2.40. The summed E-state index contributed by atoms with van der Waals surface area (Å²) >= 11 is 7.33. The van der Waals surface area contributed by atoms with Crippen molar-refractivity contribution in [3.8, 4) is 16.9 Å². The number of phenolic OH excluding ortho intramolecular Hbond substituents is 1. The Labute approximate surface area is 210 Å². The van der Waals surface area contributed by atoms with Crippen molar-refractivity contribution >= 4 is 38.9 Å². The van der Waals surface area contributed by atoms with E-state index in [0.29, 0.717) is 5.56 Å². The van der Waals surface area contributed by atoms with Gasteiger partial charge in [0.15, 0.2) is 0 Å². The van der Waals surface area contributed by atoms with Crippen molar-refractivity contribution in [3.63, 3.8) is 0 Å². The minimum atomic E-state index is -0.659. The molecule has 0 atom stereocenters. The Morgan fingerprint density at radius 2 is 1.74 bits per heavy atom. The molecule has 1 amide bonds. The first kappa shape index (κ1) is 23.7. The third kappa shape index (κ3) is 4.62. The largest absolute Gasteiger partial charge is 0.508 e. The normalized spacial score (nSPS) is 14.4. The van der Waals surface area contributed by atoms with Gasteiger partial charge in [0.25, 0.3) is 5.91 Å². The molecule has 1 aliphatic rings. The van der Waals surface area contributed by atoms with Crippen LogP contribution in [-0.4, -0.2) is 26.9 Å². The van der Waals surface area contributed by atoms with E-state index in [2.05, 4.69) is 4.98 Å². The number of aromatic nitrogens is 1. The van der Waals surface area contributed by atoms with Crippen LogP contribution in [0.3, 0.4) is 0 Å². The molecule has 0 radical (unpaired) electrons. The van der Waals surface area contributed by atoms with Crippen LogP contribution in [0.5, 0.6) is 5.75 Å². The van der Waals surface area contributed by atoms with Gasteiger partial charge in [-0.15, -0.1) is 11.3 Å². The number of rotatable bonds is 5. The van der Waals surface area contributed by atoms with E-state index in [1.807, 2.05) is 24.3 Å². The predicted molar refractivity (Wildman–Crippen MR) is 135 cm³/mol. The number of aromatic hydroxyl groups is 1. The van der Waals surface area contributed by atoms with Gasteiger partial charge in [-0.25, -0.2) is 8.78 Å². The monoisotopic (exact) mass is 512 g/mol. The van der Waals surface area contributed by atoms with Crippen molar-refractivity contribution in [3.05, 3.63) is 82.0 Å². The van der Waals surface area contributed by atoms with Crippen molar-refractivity contribution in [1.82, 2.24) is 9.88 Å². The highest BCUT2D eigenvalue weighted by Gasteiger charge is 2.31. The van der Waals surface area contributed by atoms with Crippen LogP contribution in [0.1, 0.15) is 47.3 Å². The highest BCUT2D eigenvalue weighted by atomic mass is 35.5. The lowest BCUT2D eigenvalue weighted by atomic mass is 9.93. The number of carbonyl (C=O) groups excluding carboxylic acids is 1. The second-order valence-electron chi connectivity index (χ2n) is 8.78. The lowest BCUT2D eigenvalue weighted by Gasteiger charge is -2.34. The van der Waals surface area contributed by atoms with E-state index >= 15 is 0 Å². The van der Waals surface area contributed by atoms with Gasteiger partial charge in [0.05, 0.1) is 15.1 Å². The summed E-state index contributed by atoms with van der Waals surface area (Å²) in [6, 6.07) is 11.0. The standard InChI is InChI=1S/C27H23ClF2N2O2S/c28-24-23-20(29)7-8-21(30)25(23)35-26(24)27(34)32(19-4-2-1-3-5-19)15-18-14-17(6-9-22(18)33)16-10-12-31-13-11-16/h6-14,19,33H,1-5,15H2. The van der Waals surface area contributed by atoms with Crippen molar-refractivity contribution in [2.24, 2.45) is 0 Å². The molecule has 4 nitrogen and oxygen atoms in total. The van der Waals surface area contributed by atoms with E-state index in [4.69, 9.17) is 11.6 Å². The summed E-state index contributed by atoms with van der Waals surface area (Å²) in [7, 11) is 0. The van der Waals surface area contributed by atoms with Gasteiger partial charge in [-0.1, -0.05) is 36.9 Å². The van der Waals surface area contributed by atoms with E-state index in [1.165, 1.54) is 0 Å². The molecule has 1 N–H and O–H groups in total. The summed E-state index contributed by atoms with van der Waals surface area (Å²) in [4.78, 5) is 19.7. The molecule has 2 aromatic carbocycles. The van der Waals surface area contributed by atoms with Crippen LogP contribution in [0.2, 0.25) is 5.02 Å². The summed E-state index contributed by atoms with van der Waals surface area (Å²) in [6.45, 7) is 0.157. The molecule has 1 aliphatic carbocycles. The highest BCUT2D eigenvalue weighted by Crippen LogP contribution is 2.40. The van der Waals surface area contributed by atoms with Gasteiger partial charge in [-0.05, 0) is 60.4 Å². The van der Waals surface area contributed by atoms with E-state index in [9.17, 15) is 18.7 Å². The van der Waals surface area contributed by atoms with Crippen LogP contribution in [-0.2, 0) is 6.54 Å². The molecule has 4 aromatic rings. The quantitative estimate of drug-likeness (QED) is 0.300. The molecular weight excluding hydrogens is 490 g/mol. The number of hydrogen-bond acceptors (Lipinski definition) is 4. The van der Waals surface area contributed by atoms with Crippen LogP contribution >= 0.6 is 22.9 Å². The van der Waals surface area contributed by atoms with E-state index in [1.54, 1.807) is 23.4 Å². The van der Waals surface area contributed by atoms with Gasteiger partial charge < -0.3 is 10.0 Å². The molecule has 0 bridgehead atoms. The number of fused-ring (bicyclic) bond motifs is 1. The van der Waals surface area contributed by atoms with Crippen molar-refractivity contribution < 1.29 is 18.7 Å². The van der Waals surface area contributed by atoms with E-state index in [0.717, 1.165) is 66.7 Å². The van der Waals surface area contributed by atoms with Gasteiger partial charge in [0.2, 0.25) is 0 Å². The SMILES string of the molecule is O=C(c1sc2c(F)ccc(F)c2c1Cl)N(Cc1cc(-c2ccncc2)ccc1O)C1CCCCC1. The van der Waals surface area contributed by atoms with E-state index < -0.39 is 11.6 Å². The number of halogens is 3. The number of phenols is 1. The Morgan fingerprint density at radius 3 is 2.46 bits per heavy atom. The fraction of sp³-hybridized carbons (Fsp3) is 0.259. The molecule has 35 heavy (non-hydrogen) atoms. The topological polar surface area (TPSA) is 53.4 Å². The molecule has 2 heterocycles. The van der Waals surface area contributed by atoms with Crippen molar-refractivity contribution in [1.29, 1.82) is 0 Å². The first-order valence-electron chi connectivity index (χ1n) is 11.5. The highest BCUT2D eigenvalue weighted by molar-refractivity contribution is 7.21. The molecule has 2 aromatic heterocycles. The average Bonchev–Trinajstić information content (AvgIpc) is 3.25. The second-order valence-corrected chi connectivity index (χ2v) is 10.2. The van der Waals surface area contributed by atoms with Crippen molar-refractivity contribution in [2.75, 3.05) is 0 Å². The van der Waals surface area contributed by atoms with Gasteiger partial charge in [0.1, 0.15) is 22.3 Å². The summed E-state index contributed by atoms with van der Waals surface area (Å²) in [6.07, 6.45) is 8.11. The Kier molecular flexibility index (Phi) is 6.71. The molecule has 5 rings (SSSR count). The number of pyridine rings is 1. The second kappa shape index (κ2) is 9.91. The third-order valence-electron chi connectivity index (χ3n) is 6.59. The van der Waals surface area contributed by atoms with Crippen LogP contribution in [0.15, 0.2) is 54.9 Å². The molecule has 1 fully saturated rings. The Hall–Kier alpha value is -3.03. The van der Waals surface area contributed by atoms with Crippen LogP contribution in [0, 0.1) is 11.6 Å². The molecule has 0 spiro atoms. The zero-order valence-electron chi connectivity index (χ0n) is 18.8. The van der Waals surface area contributed by atoms with Crippen LogP contribution in [0.4, 0.5) is 8.78 Å². The minimum absolute atomic E-state index is 0.0319. The number of amides is 1. The Morgan fingerprint density at radius 1 is 1.03 bits per heavy atom. The smallest absolute Gasteiger partial charge is 0.266 e. The summed E-state index contributed by atoms with van der Waals surface area (Å²) in [5.74, 6) is -1.57. The first-order valence-corrected chi connectivity index (χ1v) is 12.7. The molecule has 0 saturated heterocycles. The molecule has 1 saturated carbocycles. The van der Waals surface area contributed by atoms with Crippen molar-refractivity contribution in [2.45, 2.75) is 44.7 Å². The maximum absolute atomic E-state index is 14.5. The van der Waals surface area contributed by atoms with Gasteiger partial charge in [0, 0.05) is 30.5 Å². The maximum atomic E-state index is 14.5. The molecular formula is C27H23ClF2N2O2S. The molecule has 180 valence electrons. The molecule has 8 heteroatoms. The molecule has 0 aliphatic heterocycles. The zero-order chi connectivity index (χ0) is 24.5. The van der Waals surface area contributed by atoms with Gasteiger partial charge in [-0.2, -0.15) is 0 Å². The lowest BCUT2D eigenvalue weighted by molar-refractivity contribution is 0.0618.